The van der Waals surface area contributed by atoms with Crippen LogP contribution in [-0.2, 0) is 0 Å². The number of allylic oxidation sites excluding steroid dienone is 2. The van der Waals surface area contributed by atoms with Crippen LogP contribution in [0.15, 0.2) is 23.8 Å². The topological polar surface area (TPSA) is 0 Å². The van der Waals surface area contributed by atoms with Crippen LogP contribution in [0.3, 0.4) is 0 Å². The number of rotatable bonds is 1. The van der Waals surface area contributed by atoms with Crippen molar-refractivity contribution in [3.63, 3.8) is 0 Å². The van der Waals surface area contributed by atoms with E-state index in [0.29, 0.717) is 5.92 Å². The number of hydrogen-bond donors (Lipinski definition) is 0. The Morgan fingerprint density at radius 3 is 2.00 bits per heavy atom. The molecule has 0 fully saturated rings. The molecule has 22 heavy (non-hydrogen) atoms. The molecule has 0 amide bonds. The first-order valence-corrected chi connectivity index (χ1v) is 11.7. The Labute approximate surface area is 189 Å². The van der Waals surface area contributed by atoms with Crippen LogP contribution >= 0.6 is 90.4 Å². The van der Waals surface area contributed by atoms with Gasteiger partial charge in [-0.3, -0.25) is 0 Å². The number of halogens is 4. The molecule has 4 heteroatoms. The molecule has 0 spiro atoms. The number of benzene rings is 1. The maximum Gasteiger partial charge on any atom is 0.0991 e. The third-order valence-corrected chi connectivity index (χ3v) is 13.1. The Morgan fingerprint density at radius 2 is 1.50 bits per heavy atom. The van der Waals surface area contributed by atoms with Crippen LogP contribution in [0.2, 0.25) is 0 Å². The predicted octanol–water partition coefficient (Wildman–Crippen LogP) is 7.89. The average molecular weight is 746 g/mol. The molecule has 0 aliphatic heterocycles. The van der Waals surface area contributed by atoms with Crippen LogP contribution in [0.1, 0.15) is 44.4 Å². The Kier molecular flexibility index (Phi) is 6.02. The van der Waals surface area contributed by atoms with Crippen molar-refractivity contribution in [2.45, 2.75) is 44.4 Å². The number of alkyl halides is 4. The molecule has 0 saturated heterocycles. The van der Waals surface area contributed by atoms with Gasteiger partial charge in [0.05, 0.1) is 2.86 Å². The lowest BCUT2D eigenvalue weighted by molar-refractivity contribution is 0.360. The smallest absolute Gasteiger partial charge is 0.0659 e. The standard InChI is InChI=1S/C18H22I4/c1-10-7-8-14(11(2)9-10)15-12(3)17(19,20)13(4)18(21,22)16(15,5)6/h7-9,13H,1-6H3. The van der Waals surface area contributed by atoms with Crippen LogP contribution in [0, 0.1) is 25.2 Å². The summed E-state index contributed by atoms with van der Waals surface area (Å²) in [5.74, 6) is 0.590. The molecular formula is C18H22I4. The molecule has 1 aromatic carbocycles. The highest BCUT2D eigenvalue weighted by atomic mass is 127. The summed E-state index contributed by atoms with van der Waals surface area (Å²) in [6, 6.07) is 6.89. The van der Waals surface area contributed by atoms with Gasteiger partial charge in [-0.15, -0.1) is 0 Å². The van der Waals surface area contributed by atoms with Gasteiger partial charge < -0.3 is 0 Å². The fraction of sp³-hybridized carbons (Fsp3) is 0.556. The summed E-state index contributed by atoms with van der Waals surface area (Å²) in [5.41, 5.74) is 7.35. The SMILES string of the molecule is CC1=C(c2ccc(C)cc2C)C(C)(C)C(I)(I)C(C)C1(I)I. The molecule has 2 rings (SSSR count). The van der Waals surface area contributed by atoms with Crippen molar-refractivity contribution >= 4 is 95.9 Å². The molecule has 0 bridgehead atoms. The van der Waals surface area contributed by atoms with Crippen LogP contribution in [0.4, 0.5) is 0 Å². The first kappa shape index (κ1) is 20.2. The van der Waals surface area contributed by atoms with E-state index in [1.165, 1.54) is 27.8 Å². The quantitative estimate of drug-likeness (QED) is 0.203. The predicted molar refractivity (Wildman–Crippen MR) is 133 cm³/mol. The zero-order valence-corrected chi connectivity index (χ0v) is 22.5. The van der Waals surface area contributed by atoms with Crippen LogP contribution < -0.4 is 0 Å². The van der Waals surface area contributed by atoms with Gasteiger partial charge in [0, 0.05) is 11.3 Å². The minimum Gasteiger partial charge on any atom is -0.0659 e. The van der Waals surface area contributed by atoms with Crippen molar-refractivity contribution < 1.29 is 0 Å². The largest absolute Gasteiger partial charge is 0.0991 e. The Bertz CT molecular complexity index is 638. The molecule has 1 unspecified atom stereocenters. The van der Waals surface area contributed by atoms with Crippen molar-refractivity contribution in [3.05, 3.63) is 40.5 Å². The van der Waals surface area contributed by atoms with E-state index >= 15 is 0 Å². The second kappa shape index (κ2) is 6.55. The first-order chi connectivity index (χ1) is 9.85. The highest BCUT2D eigenvalue weighted by Gasteiger charge is 2.58. The summed E-state index contributed by atoms with van der Waals surface area (Å²) >= 11 is 10.7. The zero-order chi connectivity index (χ0) is 17.1. The van der Waals surface area contributed by atoms with Gasteiger partial charge in [-0.25, -0.2) is 0 Å². The minimum absolute atomic E-state index is 0.123. The fourth-order valence-electron chi connectivity index (χ4n) is 3.53. The molecule has 0 nitrogen and oxygen atoms in total. The zero-order valence-electron chi connectivity index (χ0n) is 13.8. The Hall–Kier alpha value is 1.88. The normalized spacial score (nSPS) is 26.2. The Balaban J connectivity index is 2.83. The van der Waals surface area contributed by atoms with Gasteiger partial charge in [-0.05, 0) is 43.0 Å². The van der Waals surface area contributed by atoms with E-state index < -0.39 is 0 Å². The summed E-state index contributed by atoms with van der Waals surface area (Å²) in [6.07, 6.45) is 0. The maximum atomic E-state index is 2.70. The second-order valence-electron chi connectivity index (χ2n) is 6.91. The molecule has 1 atom stereocenters. The number of hydrogen-bond acceptors (Lipinski definition) is 0. The lowest BCUT2D eigenvalue weighted by Crippen LogP contribution is -2.51. The third-order valence-electron chi connectivity index (χ3n) is 5.07. The number of aryl methyl sites for hydroxylation is 2. The van der Waals surface area contributed by atoms with E-state index in [2.05, 4.69) is 150 Å². The highest BCUT2D eigenvalue weighted by Crippen LogP contribution is 2.68. The van der Waals surface area contributed by atoms with Crippen molar-refractivity contribution in [1.82, 2.24) is 0 Å². The second-order valence-corrected chi connectivity index (χ2v) is 17.8. The summed E-state index contributed by atoms with van der Waals surface area (Å²) in [5, 5.41) is 0. The minimum atomic E-state index is 0.123. The molecule has 122 valence electrons. The van der Waals surface area contributed by atoms with E-state index in [4.69, 9.17) is 0 Å². The third kappa shape index (κ3) is 3.05. The summed E-state index contributed by atoms with van der Waals surface area (Å²) in [7, 11) is 0. The van der Waals surface area contributed by atoms with Gasteiger partial charge in [0.15, 0.2) is 0 Å². The molecule has 1 aliphatic rings. The van der Waals surface area contributed by atoms with E-state index in [1.807, 2.05) is 0 Å². The van der Waals surface area contributed by atoms with Crippen LogP contribution in [-0.4, -0.2) is 2.86 Å². The van der Waals surface area contributed by atoms with Gasteiger partial charge in [0.2, 0.25) is 0 Å². The van der Waals surface area contributed by atoms with Crippen molar-refractivity contribution in [2.75, 3.05) is 0 Å². The van der Waals surface area contributed by atoms with Gasteiger partial charge in [0.1, 0.15) is 0 Å². The average Bonchev–Trinajstić information content (AvgIpc) is 2.38. The molecule has 1 aliphatic carbocycles. The van der Waals surface area contributed by atoms with Crippen LogP contribution in [0.5, 0.6) is 0 Å². The summed E-state index contributed by atoms with van der Waals surface area (Å²) in [6.45, 7) is 14.0. The monoisotopic (exact) mass is 746 g/mol. The van der Waals surface area contributed by atoms with E-state index in [0.717, 1.165) is 0 Å². The molecule has 0 N–H and O–H groups in total. The molecule has 0 heterocycles. The first-order valence-electron chi connectivity index (χ1n) is 7.40. The molecule has 1 aromatic rings. The maximum absolute atomic E-state index is 2.70. The van der Waals surface area contributed by atoms with Crippen molar-refractivity contribution in [1.29, 1.82) is 0 Å². The van der Waals surface area contributed by atoms with E-state index in [-0.39, 0.29) is 8.27 Å². The van der Waals surface area contributed by atoms with Gasteiger partial charge in [-0.1, -0.05) is 135 Å². The molecule has 0 radical (unpaired) electrons. The molecule has 0 aromatic heterocycles. The van der Waals surface area contributed by atoms with Gasteiger partial charge >= 0.3 is 0 Å². The summed E-state index contributed by atoms with van der Waals surface area (Å²) in [4.78, 5) is 0. The van der Waals surface area contributed by atoms with Gasteiger partial charge in [-0.2, -0.15) is 0 Å². The highest BCUT2D eigenvalue weighted by molar-refractivity contribution is 14.2. The molecule has 0 saturated carbocycles. The van der Waals surface area contributed by atoms with E-state index in [1.54, 1.807) is 0 Å². The van der Waals surface area contributed by atoms with Crippen molar-refractivity contribution in [2.24, 2.45) is 11.3 Å². The summed E-state index contributed by atoms with van der Waals surface area (Å²) < 4.78 is 0.331. The molecular weight excluding hydrogens is 724 g/mol. The van der Waals surface area contributed by atoms with Crippen LogP contribution in [0.25, 0.3) is 5.57 Å². The van der Waals surface area contributed by atoms with Gasteiger partial charge in [0.25, 0.3) is 0 Å². The lowest BCUT2D eigenvalue weighted by atomic mass is 9.66. The fourth-order valence-corrected chi connectivity index (χ4v) is 8.86. The lowest BCUT2D eigenvalue weighted by Gasteiger charge is -2.54. The Morgan fingerprint density at radius 1 is 0.955 bits per heavy atom. The van der Waals surface area contributed by atoms with Crippen molar-refractivity contribution in [3.8, 4) is 0 Å². The van der Waals surface area contributed by atoms with E-state index in [9.17, 15) is 0 Å².